The molecule has 0 radical (unpaired) electrons. The van der Waals surface area contributed by atoms with Crippen LogP contribution in [-0.2, 0) is 4.43 Å². The fourth-order valence-electron chi connectivity index (χ4n) is 1.34. The Morgan fingerprint density at radius 1 is 1.29 bits per heavy atom. The molecular weight excluding hydrogens is 188 g/mol. The minimum atomic E-state index is -1.63. The molecule has 0 spiro atoms. The van der Waals surface area contributed by atoms with Gasteiger partial charge in [-0.15, -0.1) is 6.58 Å². The third-order valence-electron chi connectivity index (χ3n) is 1.97. The number of rotatable bonds is 6. The molecule has 0 aliphatic heterocycles. The van der Waals surface area contributed by atoms with Gasteiger partial charge < -0.3 is 4.43 Å². The van der Waals surface area contributed by atoms with Gasteiger partial charge in [0.2, 0.25) is 0 Å². The third kappa shape index (κ3) is 4.58. The van der Waals surface area contributed by atoms with E-state index in [1.165, 1.54) is 0 Å². The van der Waals surface area contributed by atoms with Crippen molar-refractivity contribution in [3.05, 3.63) is 37.0 Å². The van der Waals surface area contributed by atoms with Crippen molar-refractivity contribution in [3.63, 3.8) is 0 Å². The van der Waals surface area contributed by atoms with Crippen LogP contribution in [0.5, 0.6) is 0 Å². The van der Waals surface area contributed by atoms with Crippen molar-refractivity contribution >= 4 is 8.32 Å². The molecular formula is C12H22OSi. The van der Waals surface area contributed by atoms with E-state index in [-0.39, 0.29) is 6.10 Å². The van der Waals surface area contributed by atoms with Gasteiger partial charge in [-0.05, 0) is 44.1 Å². The van der Waals surface area contributed by atoms with Crippen LogP contribution in [0.25, 0.3) is 0 Å². The third-order valence-corrected chi connectivity index (χ3v) is 4.11. The molecule has 14 heavy (non-hydrogen) atoms. The Bertz CT molecular complexity index is 227. The highest BCUT2D eigenvalue weighted by atomic mass is 28.4. The van der Waals surface area contributed by atoms with E-state index in [2.05, 4.69) is 32.8 Å². The van der Waals surface area contributed by atoms with E-state index in [0.29, 0.717) is 0 Å². The van der Waals surface area contributed by atoms with Crippen LogP contribution < -0.4 is 0 Å². The predicted molar refractivity (Wildman–Crippen MR) is 67.0 cm³/mol. The zero-order chi connectivity index (χ0) is 11.4. The minimum Gasteiger partial charge on any atom is -0.407 e. The molecule has 1 nitrogen and oxygen atoms in total. The van der Waals surface area contributed by atoms with E-state index in [1.807, 2.05) is 19.9 Å². The molecule has 0 unspecified atom stereocenters. The summed E-state index contributed by atoms with van der Waals surface area (Å²) < 4.78 is 6.07. The molecule has 0 atom stereocenters. The van der Waals surface area contributed by atoms with Gasteiger partial charge in [-0.25, -0.2) is 0 Å². The number of allylic oxidation sites excluding steroid dienone is 1. The Kier molecular flexibility index (Phi) is 5.09. The molecule has 0 aliphatic carbocycles. The van der Waals surface area contributed by atoms with Gasteiger partial charge in [-0.2, -0.15) is 0 Å². The van der Waals surface area contributed by atoms with E-state index < -0.39 is 8.32 Å². The molecule has 2 heteroatoms. The lowest BCUT2D eigenvalue weighted by atomic mass is 10.1. The zero-order valence-corrected chi connectivity index (χ0v) is 10.9. The van der Waals surface area contributed by atoms with E-state index in [9.17, 15) is 0 Å². The molecule has 0 aromatic heterocycles. The summed E-state index contributed by atoms with van der Waals surface area (Å²) in [6, 6.07) is 0.962. The van der Waals surface area contributed by atoms with Gasteiger partial charge in [-0.3, -0.25) is 0 Å². The predicted octanol–water partition coefficient (Wildman–Crippen LogP) is 3.91. The summed E-state index contributed by atoms with van der Waals surface area (Å²) in [5.41, 5.74) is 2.06. The van der Waals surface area contributed by atoms with Crippen LogP contribution in [0.15, 0.2) is 37.0 Å². The average Bonchev–Trinajstić information content (AvgIpc) is 1.99. The maximum Gasteiger partial charge on any atom is 0.191 e. The fraction of sp³-hybridized carbons (Fsp3) is 0.500. The van der Waals surface area contributed by atoms with E-state index in [1.54, 1.807) is 0 Å². The standard InChI is InChI=1S/C12H22OSi/c1-8-9-14(6,7)13-12(10(2)3)11(4)5/h8,12H,1-2,4,9H2,3,5-7H3. The molecule has 0 aromatic carbocycles. The maximum absolute atomic E-state index is 6.07. The second kappa shape index (κ2) is 5.32. The number of hydrogen-bond acceptors (Lipinski definition) is 1. The lowest BCUT2D eigenvalue weighted by molar-refractivity contribution is 0.264. The number of hydrogen-bond donors (Lipinski definition) is 0. The highest BCUT2D eigenvalue weighted by Gasteiger charge is 2.25. The van der Waals surface area contributed by atoms with E-state index >= 15 is 0 Å². The van der Waals surface area contributed by atoms with Crippen LogP contribution in [0.1, 0.15) is 13.8 Å². The molecule has 0 rings (SSSR count). The Morgan fingerprint density at radius 2 is 1.71 bits per heavy atom. The van der Waals surface area contributed by atoms with Crippen molar-refractivity contribution in [2.24, 2.45) is 0 Å². The smallest absolute Gasteiger partial charge is 0.191 e. The summed E-state index contributed by atoms with van der Waals surface area (Å²) in [4.78, 5) is 0. The Balaban J connectivity index is 4.51. The first-order chi connectivity index (χ1) is 6.30. The first kappa shape index (κ1) is 13.4. The van der Waals surface area contributed by atoms with Crippen LogP contribution in [0.2, 0.25) is 19.1 Å². The van der Waals surface area contributed by atoms with Crippen LogP contribution in [-0.4, -0.2) is 14.4 Å². The molecule has 0 heterocycles. The van der Waals surface area contributed by atoms with Gasteiger partial charge >= 0.3 is 0 Å². The highest BCUT2D eigenvalue weighted by Crippen LogP contribution is 2.21. The molecule has 0 fully saturated rings. The van der Waals surface area contributed by atoms with Crippen molar-refractivity contribution in [2.45, 2.75) is 39.1 Å². The largest absolute Gasteiger partial charge is 0.407 e. The summed E-state index contributed by atoms with van der Waals surface area (Å²) in [6.07, 6.45) is 1.94. The lowest BCUT2D eigenvalue weighted by Crippen LogP contribution is -2.35. The normalized spacial score (nSPS) is 11.5. The molecule has 0 N–H and O–H groups in total. The second-order valence-corrected chi connectivity index (χ2v) is 8.61. The second-order valence-electron chi connectivity index (χ2n) is 4.44. The van der Waals surface area contributed by atoms with Crippen LogP contribution in [0.3, 0.4) is 0 Å². The van der Waals surface area contributed by atoms with Crippen molar-refractivity contribution in [2.75, 3.05) is 0 Å². The molecule has 0 amide bonds. The van der Waals surface area contributed by atoms with Gasteiger partial charge in [0.25, 0.3) is 0 Å². The zero-order valence-electron chi connectivity index (χ0n) is 9.89. The van der Waals surface area contributed by atoms with Crippen molar-refractivity contribution in [1.29, 1.82) is 0 Å². The average molecular weight is 210 g/mol. The Morgan fingerprint density at radius 3 is 2.00 bits per heavy atom. The summed E-state index contributed by atoms with van der Waals surface area (Å²) in [7, 11) is -1.63. The van der Waals surface area contributed by atoms with Gasteiger partial charge in [-0.1, -0.05) is 19.2 Å². The van der Waals surface area contributed by atoms with Crippen molar-refractivity contribution in [3.8, 4) is 0 Å². The van der Waals surface area contributed by atoms with Crippen molar-refractivity contribution in [1.82, 2.24) is 0 Å². The maximum atomic E-state index is 6.07. The Labute approximate surface area is 89.3 Å². The van der Waals surface area contributed by atoms with Gasteiger partial charge in [0.05, 0.1) is 6.10 Å². The topological polar surface area (TPSA) is 9.23 Å². The monoisotopic (exact) mass is 210 g/mol. The summed E-state index contributed by atoms with van der Waals surface area (Å²) in [5.74, 6) is 0. The molecule has 0 bridgehead atoms. The summed E-state index contributed by atoms with van der Waals surface area (Å²) in [6.45, 7) is 20.0. The summed E-state index contributed by atoms with van der Waals surface area (Å²) in [5, 5.41) is 0. The van der Waals surface area contributed by atoms with Gasteiger partial charge in [0.1, 0.15) is 0 Å². The highest BCUT2D eigenvalue weighted by molar-refractivity contribution is 6.71. The molecule has 0 saturated carbocycles. The molecule has 0 saturated heterocycles. The van der Waals surface area contributed by atoms with Gasteiger partial charge in [0, 0.05) is 0 Å². The first-order valence-corrected chi connectivity index (χ1v) is 8.01. The van der Waals surface area contributed by atoms with Crippen LogP contribution in [0.4, 0.5) is 0 Å². The fourth-order valence-corrected chi connectivity index (χ4v) is 3.17. The lowest BCUT2D eigenvalue weighted by Gasteiger charge is -2.29. The summed E-state index contributed by atoms with van der Waals surface area (Å²) >= 11 is 0. The minimum absolute atomic E-state index is 0.0108. The Hall–Kier alpha value is -0.603. The van der Waals surface area contributed by atoms with Gasteiger partial charge in [0.15, 0.2) is 8.32 Å². The van der Waals surface area contributed by atoms with E-state index in [0.717, 1.165) is 17.2 Å². The SMILES string of the molecule is C=CC[Si](C)(C)OC(C(=C)C)C(=C)C. The van der Waals surface area contributed by atoms with Crippen LogP contribution in [0, 0.1) is 0 Å². The van der Waals surface area contributed by atoms with Crippen molar-refractivity contribution < 1.29 is 4.43 Å². The molecule has 0 aliphatic rings. The van der Waals surface area contributed by atoms with Crippen LogP contribution >= 0.6 is 0 Å². The molecule has 80 valence electrons. The molecule has 0 aromatic rings. The van der Waals surface area contributed by atoms with E-state index in [4.69, 9.17) is 4.43 Å². The quantitative estimate of drug-likeness (QED) is 0.477. The first-order valence-electron chi connectivity index (χ1n) is 4.89.